The maximum absolute atomic E-state index is 5.79. The molecule has 1 aromatic rings. The van der Waals surface area contributed by atoms with E-state index < -0.39 is 0 Å². The van der Waals surface area contributed by atoms with Crippen LogP contribution in [0.3, 0.4) is 0 Å². The van der Waals surface area contributed by atoms with Gasteiger partial charge >= 0.3 is 0 Å². The van der Waals surface area contributed by atoms with Gasteiger partial charge in [0.2, 0.25) is 0 Å². The first kappa shape index (κ1) is 9.62. The van der Waals surface area contributed by atoms with Crippen molar-refractivity contribution in [3.05, 3.63) is 30.1 Å². The fourth-order valence-electron chi connectivity index (χ4n) is 2.17. The molecule has 2 rings (SSSR count). The smallest absolute Gasteiger partial charge is 0.0575 e. The molecule has 0 aliphatic heterocycles. The number of nitrogens with two attached hydrogens (primary N) is 1. The lowest BCUT2D eigenvalue weighted by atomic mass is 9.75. The van der Waals surface area contributed by atoms with Crippen molar-refractivity contribution in [2.45, 2.75) is 24.9 Å². The molecule has 0 aromatic carbocycles. The summed E-state index contributed by atoms with van der Waals surface area (Å²) in [5.74, 6) is 0.657. The van der Waals surface area contributed by atoms with Crippen molar-refractivity contribution in [1.82, 2.24) is 10.3 Å². The largest absolute Gasteiger partial charge is 0.328 e. The lowest BCUT2D eigenvalue weighted by Gasteiger charge is -2.38. The molecule has 0 spiro atoms. The van der Waals surface area contributed by atoms with Gasteiger partial charge in [0, 0.05) is 12.2 Å². The first-order valence-electron chi connectivity index (χ1n) is 5.15. The maximum atomic E-state index is 5.79. The number of rotatable bonds is 3. The highest BCUT2D eigenvalue weighted by Crippen LogP contribution is 2.35. The fourth-order valence-corrected chi connectivity index (χ4v) is 2.17. The third-order valence-electron chi connectivity index (χ3n) is 3.00. The zero-order chi connectivity index (χ0) is 9.97. The van der Waals surface area contributed by atoms with E-state index in [-0.39, 0.29) is 0 Å². The van der Waals surface area contributed by atoms with E-state index in [1.807, 2.05) is 25.4 Å². The molecule has 1 fully saturated rings. The highest BCUT2D eigenvalue weighted by molar-refractivity contribution is 5.11. The molecule has 0 radical (unpaired) electrons. The van der Waals surface area contributed by atoms with Crippen LogP contribution in [0.25, 0.3) is 0 Å². The molecule has 0 saturated heterocycles. The van der Waals surface area contributed by atoms with Crippen LogP contribution in [-0.2, 0) is 0 Å². The van der Waals surface area contributed by atoms with Crippen LogP contribution in [0.1, 0.15) is 24.6 Å². The minimum Gasteiger partial charge on any atom is -0.328 e. The summed E-state index contributed by atoms with van der Waals surface area (Å²) in [5, 5.41) is 3.32. The quantitative estimate of drug-likeness (QED) is 0.751. The van der Waals surface area contributed by atoms with Crippen LogP contribution in [-0.4, -0.2) is 18.1 Å². The van der Waals surface area contributed by atoms with E-state index in [9.17, 15) is 0 Å². The molecule has 0 amide bonds. The SMILES string of the molecule is CNC(c1ccccn1)C1CC(N)C1. The summed E-state index contributed by atoms with van der Waals surface area (Å²) >= 11 is 0. The van der Waals surface area contributed by atoms with E-state index in [0.29, 0.717) is 18.0 Å². The molecule has 1 atom stereocenters. The van der Waals surface area contributed by atoms with Crippen molar-refractivity contribution < 1.29 is 0 Å². The zero-order valence-electron chi connectivity index (χ0n) is 8.48. The Morgan fingerprint density at radius 2 is 2.29 bits per heavy atom. The molecule has 1 aromatic heterocycles. The van der Waals surface area contributed by atoms with Gasteiger partial charge in [-0.2, -0.15) is 0 Å². The Kier molecular flexibility index (Phi) is 2.79. The highest BCUT2D eigenvalue weighted by atomic mass is 14.9. The van der Waals surface area contributed by atoms with E-state index in [0.717, 1.165) is 18.5 Å². The van der Waals surface area contributed by atoms with Crippen LogP contribution < -0.4 is 11.1 Å². The fraction of sp³-hybridized carbons (Fsp3) is 0.545. The van der Waals surface area contributed by atoms with Crippen LogP contribution in [0.5, 0.6) is 0 Å². The Morgan fingerprint density at radius 3 is 2.79 bits per heavy atom. The average Bonchev–Trinajstić information content (AvgIpc) is 2.18. The molecule has 76 valence electrons. The Bertz CT molecular complexity index is 280. The molecule has 1 heterocycles. The number of pyridine rings is 1. The molecular weight excluding hydrogens is 174 g/mol. The summed E-state index contributed by atoms with van der Waals surface area (Å²) in [5.41, 5.74) is 6.92. The molecular formula is C11H17N3. The third kappa shape index (κ3) is 1.79. The molecule has 1 aliphatic carbocycles. The molecule has 1 aliphatic rings. The molecule has 1 unspecified atom stereocenters. The van der Waals surface area contributed by atoms with Gasteiger partial charge in [-0.25, -0.2) is 0 Å². The van der Waals surface area contributed by atoms with Crippen molar-refractivity contribution in [1.29, 1.82) is 0 Å². The number of hydrogen-bond donors (Lipinski definition) is 2. The van der Waals surface area contributed by atoms with Crippen LogP contribution in [0.2, 0.25) is 0 Å². The van der Waals surface area contributed by atoms with Gasteiger partial charge in [0.1, 0.15) is 0 Å². The Balaban J connectivity index is 2.07. The predicted molar refractivity (Wildman–Crippen MR) is 56.7 cm³/mol. The average molecular weight is 191 g/mol. The second-order valence-corrected chi connectivity index (χ2v) is 4.01. The van der Waals surface area contributed by atoms with Gasteiger partial charge in [-0.05, 0) is 37.9 Å². The number of nitrogens with one attached hydrogen (secondary N) is 1. The van der Waals surface area contributed by atoms with Crippen molar-refractivity contribution in [2.24, 2.45) is 11.7 Å². The van der Waals surface area contributed by atoms with Crippen molar-refractivity contribution in [2.75, 3.05) is 7.05 Å². The van der Waals surface area contributed by atoms with Gasteiger partial charge in [-0.15, -0.1) is 0 Å². The van der Waals surface area contributed by atoms with Crippen molar-refractivity contribution in [3.8, 4) is 0 Å². The van der Waals surface area contributed by atoms with Crippen LogP contribution in [0.4, 0.5) is 0 Å². The van der Waals surface area contributed by atoms with E-state index in [2.05, 4.69) is 16.4 Å². The minimum atomic E-state index is 0.371. The third-order valence-corrected chi connectivity index (χ3v) is 3.00. The molecule has 1 saturated carbocycles. The maximum Gasteiger partial charge on any atom is 0.0575 e. The topological polar surface area (TPSA) is 50.9 Å². The predicted octanol–water partition coefficient (Wildman–Crippen LogP) is 1.08. The summed E-state index contributed by atoms with van der Waals surface area (Å²) < 4.78 is 0. The Labute approximate surface area is 84.7 Å². The Hall–Kier alpha value is -0.930. The number of hydrogen-bond acceptors (Lipinski definition) is 3. The van der Waals surface area contributed by atoms with Crippen LogP contribution in [0.15, 0.2) is 24.4 Å². The normalized spacial score (nSPS) is 28.1. The molecule has 3 N–H and O–H groups in total. The molecule has 3 heteroatoms. The monoisotopic (exact) mass is 191 g/mol. The first-order valence-corrected chi connectivity index (χ1v) is 5.15. The standard InChI is InChI=1S/C11H17N3/c1-13-11(8-6-9(12)7-8)10-4-2-3-5-14-10/h2-5,8-9,11,13H,6-7,12H2,1H3. The van der Waals surface area contributed by atoms with Crippen LogP contribution >= 0.6 is 0 Å². The van der Waals surface area contributed by atoms with Gasteiger partial charge in [-0.1, -0.05) is 6.07 Å². The lowest BCUT2D eigenvalue weighted by molar-refractivity contribution is 0.201. The summed E-state index contributed by atoms with van der Waals surface area (Å²) in [6.07, 6.45) is 4.07. The zero-order valence-corrected chi connectivity index (χ0v) is 8.48. The van der Waals surface area contributed by atoms with E-state index in [4.69, 9.17) is 5.73 Å². The second-order valence-electron chi connectivity index (χ2n) is 4.01. The molecule has 3 nitrogen and oxygen atoms in total. The lowest BCUT2D eigenvalue weighted by Crippen LogP contribution is -2.42. The van der Waals surface area contributed by atoms with E-state index in [1.165, 1.54) is 0 Å². The molecule has 0 bridgehead atoms. The van der Waals surface area contributed by atoms with Gasteiger partial charge in [0.25, 0.3) is 0 Å². The summed E-state index contributed by atoms with van der Waals surface area (Å²) in [6.45, 7) is 0. The van der Waals surface area contributed by atoms with Gasteiger partial charge in [0.15, 0.2) is 0 Å². The molecule has 14 heavy (non-hydrogen) atoms. The van der Waals surface area contributed by atoms with Gasteiger partial charge in [-0.3, -0.25) is 4.98 Å². The van der Waals surface area contributed by atoms with E-state index >= 15 is 0 Å². The second kappa shape index (κ2) is 4.07. The Morgan fingerprint density at radius 1 is 1.50 bits per heavy atom. The number of nitrogens with zero attached hydrogens (tertiary/aromatic N) is 1. The highest BCUT2D eigenvalue weighted by Gasteiger charge is 2.33. The van der Waals surface area contributed by atoms with Gasteiger partial charge < -0.3 is 11.1 Å². The summed E-state index contributed by atoms with van der Waals surface area (Å²) in [7, 11) is 1.99. The first-order chi connectivity index (χ1) is 6.81. The van der Waals surface area contributed by atoms with Crippen molar-refractivity contribution >= 4 is 0 Å². The van der Waals surface area contributed by atoms with Crippen LogP contribution in [0, 0.1) is 5.92 Å². The minimum absolute atomic E-state index is 0.371. The van der Waals surface area contributed by atoms with Gasteiger partial charge in [0.05, 0.1) is 11.7 Å². The summed E-state index contributed by atoms with van der Waals surface area (Å²) in [6, 6.07) is 6.83. The van der Waals surface area contributed by atoms with Crippen molar-refractivity contribution in [3.63, 3.8) is 0 Å². The summed E-state index contributed by atoms with van der Waals surface area (Å²) in [4.78, 5) is 4.37. The number of aromatic nitrogens is 1. The van der Waals surface area contributed by atoms with E-state index in [1.54, 1.807) is 0 Å².